The minimum absolute atomic E-state index is 0. The molecule has 0 saturated carbocycles. The molecule has 0 bridgehead atoms. The van der Waals surface area contributed by atoms with Crippen molar-refractivity contribution in [2.45, 2.75) is 0 Å². The summed E-state index contributed by atoms with van der Waals surface area (Å²) < 4.78 is 0. The molecule has 0 atom stereocenters. The molecule has 0 unspecified atom stereocenters. The summed E-state index contributed by atoms with van der Waals surface area (Å²) in [6.07, 6.45) is 2.43. The molecule has 0 saturated heterocycles. The van der Waals surface area contributed by atoms with Gasteiger partial charge in [0.2, 0.25) is 0 Å². The molecule has 0 aliphatic carbocycles. The number of carbonyl (C=O) groups excluding carboxylic acids is 1. The Hall–Kier alpha value is -0.320. The van der Waals surface area contributed by atoms with Crippen molar-refractivity contribution in [1.29, 1.82) is 0 Å². The Kier molecular flexibility index (Phi) is 9.24. The van der Waals surface area contributed by atoms with Gasteiger partial charge < -0.3 is 15.4 Å². The number of carboxylic acids is 1. The quantitative estimate of drug-likeness (QED) is 0.403. The van der Waals surface area contributed by atoms with E-state index in [0.717, 1.165) is 11.6 Å². The van der Waals surface area contributed by atoms with E-state index in [1.165, 1.54) is 6.08 Å². The zero-order valence-electron chi connectivity index (χ0n) is 7.66. The zero-order valence-corrected chi connectivity index (χ0v) is 10.4. The van der Waals surface area contributed by atoms with Crippen molar-refractivity contribution in [2.24, 2.45) is 0 Å². The van der Waals surface area contributed by atoms with Crippen LogP contribution in [-0.4, -0.2) is 11.4 Å². The smallest absolute Gasteiger partial charge is 0.545 e. The third-order valence-corrected chi connectivity index (χ3v) is 1.53. The van der Waals surface area contributed by atoms with Crippen LogP contribution in [0.15, 0.2) is 30.3 Å². The Morgan fingerprint density at radius 2 is 1.79 bits per heavy atom. The Morgan fingerprint density at radius 3 is 2.21 bits per heavy atom. The predicted octanol–water partition coefficient (Wildman–Crippen LogP) is -2.72. The van der Waals surface area contributed by atoms with Crippen LogP contribution in [0.2, 0.25) is 5.02 Å². The number of carbonyl (C=O) groups is 1. The molecule has 5 heteroatoms. The molecule has 2 N–H and O–H groups in total. The van der Waals surface area contributed by atoms with Crippen LogP contribution in [0.4, 0.5) is 0 Å². The van der Waals surface area contributed by atoms with Crippen LogP contribution in [0, 0.1) is 0 Å². The molecule has 0 spiro atoms. The van der Waals surface area contributed by atoms with E-state index in [9.17, 15) is 9.90 Å². The SMILES string of the molecule is O.O=C([O-])C=Cc1ccc(Cl)cc1.[Na+]. The van der Waals surface area contributed by atoms with Gasteiger partial charge >= 0.3 is 29.6 Å². The molecule has 1 aromatic rings. The molecule has 0 fully saturated rings. The predicted molar refractivity (Wildman–Crippen MR) is 49.1 cm³/mol. The molecule has 0 aliphatic rings. The Bertz CT molecular complexity index is 308. The molecule has 0 aliphatic heterocycles. The van der Waals surface area contributed by atoms with Gasteiger partial charge in [-0.1, -0.05) is 29.8 Å². The average molecular weight is 223 g/mol. The molecule has 0 aromatic heterocycles. The van der Waals surface area contributed by atoms with E-state index in [2.05, 4.69) is 0 Å². The third kappa shape index (κ3) is 6.18. The molecule has 0 heterocycles. The number of aliphatic carboxylic acids is 1. The van der Waals surface area contributed by atoms with Crippen molar-refractivity contribution in [3.63, 3.8) is 0 Å². The molecule has 1 rings (SSSR count). The van der Waals surface area contributed by atoms with Crippen molar-refractivity contribution in [3.8, 4) is 0 Å². The second-order valence-electron chi connectivity index (χ2n) is 2.20. The second-order valence-corrected chi connectivity index (χ2v) is 2.64. The molecule has 70 valence electrons. The van der Waals surface area contributed by atoms with Crippen LogP contribution in [0.3, 0.4) is 0 Å². The molecular formula is C9H8ClNaO3. The van der Waals surface area contributed by atoms with Gasteiger partial charge in [-0.3, -0.25) is 0 Å². The first-order chi connectivity index (χ1) is 5.68. The molecule has 14 heavy (non-hydrogen) atoms. The maximum absolute atomic E-state index is 10.0. The van der Waals surface area contributed by atoms with E-state index in [-0.39, 0.29) is 35.0 Å². The van der Waals surface area contributed by atoms with Crippen LogP contribution in [0.1, 0.15) is 5.56 Å². The standard InChI is InChI=1S/C9H7ClO2.Na.H2O/c10-8-4-1-7(2-5-8)3-6-9(11)12;;/h1-6H,(H,11,12);;1H2/q;+1;/p-1. The van der Waals surface area contributed by atoms with Crippen LogP contribution in [0.25, 0.3) is 6.08 Å². The fraction of sp³-hybridized carbons (Fsp3) is 0. The van der Waals surface area contributed by atoms with E-state index < -0.39 is 5.97 Å². The van der Waals surface area contributed by atoms with Gasteiger partial charge in [0.05, 0.1) is 5.97 Å². The number of benzene rings is 1. The van der Waals surface area contributed by atoms with Gasteiger partial charge in [0.25, 0.3) is 0 Å². The summed E-state index contributed by atoms with van der Waals surface area (Å²) in [4.78, 5) is 10.0. The first-order valence-corrected chi connectivity index (χ1v) is 3.71. The largest absolute Gasteiger partial charge is 1.00 e. The van der Waals surface area contributed by atoms with Crippen LogP contribution < -0.4 is 34.7 Å². The summed E-state index contributed by atoms with van der Waals surface area (Å²) in [5.74, 6) is -1.20. The minimum Gasteiger partial charge on any atom is -0.545 e. The molecule has 1 aromatic carbocycles. The van der Waals surface area contributed by atoms with E-state index in [0.29, 0.717) is 5.02 Å². The Labute approximate surface area is 109 Å². The number of rotatable bonds is 2. The first-order valence-electron chi connectivity index (χ1n) is 3.33. The van der Waals surface area contributed by atoms with E-state index in [1.807, 2.05) is 0 Å². The minimum atomic E-state index is -1.20. The van der Waals surface area contributed by atoms with Gasteiger partial charge in [0.15, 0.2) is 0 Å². The maximum Gasteiger partial charge on any atom is 1.00 e. The van der Waals surface area contributed by atoms with Gasteiger partial charge in [0.1, 0.15) is 0 Å². The summed E-state index contributed by atoms with van der Waals surface area (Å²) in [6.45, 7) is 0. The summed E-state index contributed by atoms with van der Waals surface area (Å²) >= 11 is 5.62. The van der Waals surface area contributed by atoms with Crippen LogP contribution >= 0.6 is 11.6 Å². The summed E-state index contributed by atoms with van der Waals surface area (Å²) in [7, 11) is 0. The third-order valence-electron chi connectivity index (χ3n) is 1.28. The number of carboxylic acid groups (broad SMARTS) is 1. The van der Waals surface area contributed by atoms with Crippen molar-refractivity contribution in [3.05, 3.63) is 40.9 Å². The normalized spacial score (nSPS) is 8.93. The summed E-state index contributed by atoms with van der Waals surface area (Å²) in [5, 5.41) is 10.6. The van der Waals surface area contributed by atoms with E-state index in [4.69, 9.17) is 11.6 Å². The first kappa shape index (κ1) is 16.1. The van der Waals surface area contributed by atoms with Crippen molar-refractivity contribution >= 4 is 23.6 Å². The second kappa shape index (κ2) is 8.03. The van der Waals surface area contributed by atoms with Crippen LogP contribution in [0.5, 0.6) is 0 Å². The molecule has 0 amide bonds. The number of hydrogen-bond donors (Lipinski definition) is 0. The van der Waals surface area contributed by atoms with Gasteiger partial charge in [0, 0.05) is 5.02 Å². The average Bonchev–Trinajstić information content (AvgIpc) is 2.03. The van der Waals surface area contributed by atoms with Crippen molar-refractivity contribution < 1.29 is 44.9 Å². The van der Waals surface area contributed by atoms with Gasteiger partial charge in [-0.15, -0.1) is 0 Å². The van der Waals surface area contributed by atoms with Crippen LogP contribution in [-0.2, 0) is 4.79 Å². The number of halogens is 1. The molecule has 0 radical (unpaired) electrons. The van der Waals surface area contributed by atoms with Gasteiger partial charge in [-0.25, -0.2) is 0 Å². The van der Waals surface area contributed by atoms with E-state index >= 15 is 0 Å². The van der Waals surface area contributed by atoms with Gasteiger partial charge in [-0.05, 0) is 23.8 Å². The number of hydrogen-bond acceptors (Lipinski definition) is 2. The summed E-state index contributed by atoms with van der Waals surface area (Å²) in [5.41, 5.74) is 0.781. The fourth-order valence-electron chi connectivity index (χ4n) is 0.738. The Balaban J connectivity index is 0. The van der Waals surface area contributed by atoms with E-state index in [1.54, 1.807) is 24.3 Å². The van der Waals surface area contributed by atoms with Crippen molar-refractivity contribution in [1.82, 2.24) is 0 Å². The Morgan fingerprint density at radius 1 is 1.29 bits per heavy atom. The topological polar surface area (TPSA) is 71.6 Å². The zero-order chi connectivity index (χ0) is 8.97. The van der Waals surface area contributed by atoms with Gasteiger partial charge in [-0.2, -0.15) is 0 Å². The van der Waals surface area contributed by atoms with Crippen molar-refractivity contribution in [2.75, 3.05) is 0 Å². The maximum atomic E-state index is 10.0. The fourth-order valence-corrected chi connectivity index (χ4v) is 0.864. The molecule has 3 nitrogen and oxygen atoms in total. The molecular weight excluding hydrogens is 215 g/mol. The monoisotopic (exact) mass is 222 g/mol. The summed E-state index contributed by atoms with van der Waals surface area (Å²) in [6, 6.07) is 6.83.